The van der Waals surface area contributed by atoms with E-state index in [-0.39, 0.29) is 11.8 Å². The second-order valence-electron chi connectivity index (χ2n) is 6.20. The maximum atomic E-state index is 12.5. The number of carbonyl (C=O) groups is 2. The van der Waals surface area contributed by atoms with Gasteiger partial charge in [0.2, 0.25) is 11.8 Å². The summed E-state index contributed by atoms with van der Waals surface area (Å²) in [5.74, 6) is -0.386. The van der Waals surface area contributed by atoms with Gasteiger partial charge in [-0.25, -0.2) is 0 Å². The molecule has 0 radical (unpaired) electrons. The van der Waals surface area contributed by atoms with Crippen LogP contribution in [0.2, 0.25) is 0 Å². The van der Waals surface area contributed by atoms with E-state index in [1.54, 1.807) is 18.7 Å². The molecule has 1 aromatic rings. The number of aryl methyl sites for hydroxylation is 1. The number of hydrogen-bond acceptors (Lipinski definition) is 3. The van der Waals surface area contributed by atoms with Crippen molar-refractivity contribution in [2.75, 3.05) is 26.3 Å². The lowest BCUT2D eigenvalue weighted by atomic mass is 9.90. The lowest BCUT2D eigenvalue weighted by Crippen LogP contribution is -2.52. The Balaban J connectivity index is 1.95. The summed E-state index contributed by atoms with van der Waals surface area (Å²) >= 11 is 0. The molecule has 0 saturated carbocycles. The van der Waals surface area contributed by atoms with Gasteiger partial charge < -0.3 is 15.0 Å². The van der Waals surface area contributed by atoms with Crippen molar-refractivity contribution < 1.29 is 14.3 Å². The topological polar surface area (TPSA) is 58.6 Å². The lowest BCUT2D eigenvalue weighted by Gasteiger charge is -2.33. The highest BCUT2D eigenvalue weighted by molar-refractivity contribution is 6.04. The minimum atomic E-state index is -1.07. The van der Waals surface area contributed by atoms with Gasteiger partial charge >= 0.3 is 0 Å². The van der Waals surface area contributed by atoms with E-state index in [0.29, 0.717) is 32.8 Å². The Hall–Kier alpha value is -1.88. The Morgan fingerprint density at radius 1 is 1.27 bits per heavy atom. The molecule has 5 nitrogen and oxygen atoms in total. The zero-order valence-electron chi connectivity index (χ0n) is 13.5. The molecule has 22 heavy (non-hydrogen) atoms. The Morgan fingerprint density at radius 3 is 2.59 bits per heavy atom. The van der Waals surface area contributed by atoms with E-state index in [4.69, 9.17) is 4.74 Å². The van der Waals surface area contributed by atoms with Gasteiger partial charge in [-0.15, -0.1) is 0 Å². The maximum Gasteiger partial charge on any atom is 0.237 e. The number of benzene rings is 1. The van der Waals surface area contributed by atoms with Gasteiger partial charge in [0.05, 0.1) is 13.2 Å². The molecule has 1 N–H and O–H groups in total. The van der Waals surface area contributed by atoms with Crippen molar-refractivity contribution in [1.29, 1.82) is 0 Å². The highest BCUT2D eigenvalue weighted by atomic mass is 16.5. The normalized spacial score (nSPS) is 15.5. The number of carbonyl (C=O) groups excluding carboxylic acids is 2. The first-order valence-electron chi connectivity index (χ1n) is 7.62. The average Bonchev–Trinajstić information content (AvgIpc) is 2.52. The average molecular weight is 304 g/mol. The molecule has 2 rings (SSSR count). The van der Waals surface area contributed by atoms with Crippen LogP contribution in [0.3, 0.4) is 0 Å². The fourth-order valence-electron chi connectivity index (χ4n) is 2.48. The van der Waals surface area contributed by atoms with Crippen LogP contribution in [0, 0.1) is 12.3 Å². The molecule has 0 bridgehead atoms. The molecule has 2 amide bonds. The SMILES string of the molecule is Cc1cccc(CNC(=O)C(C)(C)C(=O)N2CCOCC2)c1. The maximum absolute atomic E-state index is 12.5. The fourth-order valence-corrected chi connectivity index (χ4v) is 2.48. The van der Waals surface area contributed by atoms with Gasteiger partial charge in [-0.3, -0.25) is 9.59 Å². The molecule has 0 atom stereocenters. The first-order chi connectivity index (χ1) is 10.4. The Bertz CT molecular complexity index is 549. The molecule has 0 spiro atoms. The first kappa shape index (κ1) is 16.5. The van der Waals surface area contributed by atoms with Crippen molar-refractivity contribution in [2.45, 2.75) is 27.3 Å². The van der Waals surface area contributed by atoms with Gasteiger partial charge in [0, 0.05) is 19.6 Å². The Kier molecular flexibility index (Phi) is 5.19. The van der Waals surface area contributed by atoms with E-state index in [1.165, 1.54) is 0 Å². The van der Waals surface area contributed by atoms with E-state index in [9.17, 15) is 9.59 Å². The summed E-state index contributed by atoms with van der Waals surface area (Å²) < 4.78 is 5.25. The molecule has 0 aliphatic carbocycles. The summed E-state index contributed by atoms with van der Waals surface area (Å²) in [6, 6.07) is 7.96. The Labute approximate surface area is 131 Å². The molecule has 0 unspecified atom stereocenters. The third kappa shape index (κ3) is 3.85. The van der Waals surface area contributed by atoms with Crippen LogP contribution < -0.4 is 5.32 Å². The van der Waals surface area contributed by atoms with E-state index >= 15 is 0 Å². The van der Waals surface area contributed by atoms with Crippen LogP contribution in [0.4, 0.5) is 0 Å². The van der Waals surface area contributed by atoms with Crippen LogP contribution in [0.5, 0.6) is 0 Å². The summed E-state index contributed by atoms with van der Waals surface area (Å²) in [4.78, 5) is 26.7. The summed E-state index contributed by atoms with van der Waals surface area (Å²) in [6.07, 6.45) is 0. The van der Waals surface area contributed by atoms with Crippen LogP contribution in [0.1, 0.15) is 25.0 Å². The highest BCUT2D eigenvalue weighted by Crippen LogP contribution is 2.20. The van der Waals surface area contributed by atoms with Crippen LogP contribution in [-0.2, 0) is 20.9 Å². The minimum absolute atomic E-state index is 0.141. The summed E-state index contributed by atoms with van der Waals surface area (Å²) in [5, 5.41) is 2.87. The van der Waals surface area contributed by atoms with Gasteiger partial charge in [-0.2, -0.15) is 0 Å². The zero-order chi connectivity index (χ0) is 16.2. The van der Waals surface area contributed by atoms with Crippen molar-refractivity contribution in [1.82, 2.24) is 10.2 Å². The first-order valence-corrected chi connectivity index (χ1v) is 7.62. The molecule has 1 aliphatic rings. The highest BCUT2D eigenvalue weighted by Gasteiger charge is 2.39. The van der Waals surface area contributed by atoms with E-state index in [2.05, 4.69) is 5.32 Å². The van der Waals surface area contributed by atoms with Crippen LogP contribution >= 0.6 is 0 Å². The molecule has 1 heterocycles. The van der Waals surface area contributed by atoms with Gasteiger partial charge in [-0.1, -0.05) is 29.8 Å². The van der Waals surface area contributed by atoms with E-state index in [1.807, 2.05) is 31.2 Å². The molecule has 1 fully saturated rings. The third-order valence-electron chi connectivity index (χ3n) is 3.94. The Morgan fingerprint density at radius 2 is 1.95 bits per heavy atom. The van der Waals surface area contributed by atoms with Gasteiger partial charge in [0.1, 0.15) is 5.41 Å². The smallest absolute Gasteiger partial charge is 0.237 e. The largest absolute Gasteiger partial charge is 0.378 e. The van der Waals surface area contributed by atoms with Crippen molar-refractivity contribution in [3.05, 3.63) is 35.4 Å². The third-order valence-corrected chi connectivity index (χ3v) is 3.94. The van der Waals surface area contributed by atoms with Crippen LogP contribution in [0.25, 0.3) is 0 Å². The molecule has 1 aliphatic heterocycles. The number of nitrogens with one attached hydrogen (secondary N) is 1. The zero-order valence-corrected chi connectivity index (χ0v) is 13.5. The fraction of sp³-hybridized carbons (Fsp3) is 0.529. The van der Waals surface area contributed by atoms with Crippen molar-refractivity contribution in [3.8, 4) is 0 Å². The van der Waals surface area contributed by atoms with Gasteiger partial charge in [0.15, 0.2) is 0 Å². The lowest BCUT2D eigenvalue weighted by molar-refractivity contribution is -0.151. The number of hydrogen-bond donors (Lipinski definition) is 1. The minimum Gasteiger partial charge on any atom is -0.378 e. The molecule has 0 aromatic heterocycles. The van der Waals surface area contributed by atoms with E-state index < -0.39 is 5.41 Å². The summed E-state index contributed by atoms with van der Waals surface area (Å²) in [6.45, 7) is 7.96. The van der Waals surface area contributed by atoms with Crippen molar-refractivity contribution in [3.63, 3.8) is 0 Å². The predicted octanol–water partition coefficient (Wildman–Crippen LogP) is 1.50. The quantitative estimate of drug-likeness (QED) is 0.858. The van der Waals surface area contributed by atoms with Gasteiger partial charge in [-0.05, 0) is 26.3 Å². The second kappa shape index (κ2) is 6.92. The van der Waals surface area contributed by atoms with Crippen LogP contribution in [0.15, 0.2) is 24.3 Å². The number of morpholine rings is 1. The molecule has 120 valence electrons. The second-order valence-corrected chi connectivity index (χ2v) is 6.20. The van der Waals surface area contributed by atoms with E-state index in [0.717, 1.165) is 11.1 Å². The molecule has 1 saturated heterocycles. The molecule has 5 heteroatoms. The monoisotopic (exact) mass is 304 g/mol. The van der Waals surface area contributed by atoms with Crippen LogP contribution in [-0.4, -0.2) is 43.0 Å². The summed E-state index contributed by atoms with van der Waals surface area (Å²) in [5.41, 5.74) is 1.11. The van der Waals surface area contributed by atoms with Crippen molar-refractivity contribution >= 4 is 11.8 Å². The number of rotatable bonds is 4. The molecular weight excluding hydrogens is 280 g/mol. The summed E-state index contributed by atoms with van der Waals surface area (Å²) in [7, 11) is 0. The number of amides is 2. The van der Waals surface area contributed by atoms with Crippen molar-refractivity contribution in [2.24, 2.45) is 5.41 Å². The number of nitrogens with zero attached hydrogens (tertiary/aromatic N) is 1. The molecule has 1 aromatic carbocycles. The standard InChI is InChI=1S/C17H24N2O3/c1-13-5-4-6-14(11-13)12-18-15(20)17(2,3)16(21)19-7-9-22-10-8-19/h4-6,11H,7-10,12H2,1-3H3,(H,18,20). The van der Waals surface area contributed by atoms with Gasteiger partial charge in [0.25, 0.3) is 0 Å². The number of ether oxygens (including phenoxy) is 1. The predicted molar refractivity (Wildman–Crippen MR) is 84.2 cm³/mol. The molecular formula is C17H24N2O3.